The number of carboxylic acid groups (broad SMARTS) is 1. The number of aromatic hydroxyl groups is 1. The number of thiazole rings is 1. The lowest BCUT2D eigenvalue weighted by Gasteiger charge is -2.27. The van der Waals surface area contributed by atoms with Gasteiger partial charge in [0, 0.05) is 31.2 Å². The SMILES string of the molecule is CCN(CC)CCN(CCNCCc1ccc(O)c2[nH]c(=O)sc12)C(=O)CCOCCc1cccc(Cl)c1.O=C(O)c1ccco1. The summed E-state index contributed by atoms with van der Waals surface area (Å²) in [5.41, 5.74) is 2.63. The van der Waals surface area contributed by atoms with Gasteiger partial charge in [-0.25, -0.2) is 4.79 Å². The fourth-order valence-electron chi connectivity index (χ4n) is 4.70. The molecule has 4 aromatic rings. The van der Waals surface area contributed by atoms with Crippen LogP contribution in [0.2, 0.25) is 5.02 Å². The summed E-state index contributed by atoms with van der Waals surface area (Å²) in [5, 5.41) is 22.3. The number of benzene rings is 2. The molecule has 0 radical (unpaired) electrons. The number of ether oxygens (including phenoxy) is 1. The monoisotopic (exact) mass is 674 g/mol. The van der Waals surface area contributed by atoms with Gasteiger partial charge in [-0.2, -0.15) is 0 Å². The number of carbonyl (C=O) groups excluding carboxylic acids is 1. The number of halogens is 1. The molecule has 0 saturated heterocycles. The highest BCUT2D eigenvalue weighted by Crippen LogP contribution is 2.27. The van der Waals surface area contributed by atoms with Crippen LogP contribution in [0.25, 0.3) is 10.2 Å². The molecule has 0 aliphatic heterocycles. The number of amides is 1. The number of aromatic carboxylic acids is 1. The van der Waals surface area contributed by atoms with Crippen LogP contribution in [-0.4, -0.2) is 95.9 Å². The number of phenolic OH excluding ortho intramolecular Hbond substituents is 1. The molecular formula is C33H43ClN4O7S. The first-order chi connectivity index (χ1) is 22.2. The number of carboxylic acids is 1. The minimum absolute atomic E-state index is 0.0231. The van der Waals surface area contributed by atoms with Crippen LogP contribution in [0.3, 0.4) is 0 Å². The van der Waals surface area contributed by atoms with E-state index in [1.54, 1.807) is 6.07 Å². The van der Waals surface area contributed by atoms with Gasteiger partial charge >= 0.3 is 10.8 Å². The molecule has 0 unspecified atom stereocenters. The van der Waals surface area contributed by atoms with E-state index in [4.69, 9.17) is 21.4 Å². The first-order valence-corrected chi connectivity index (χ1v) is 16.5. The molecule has 2 heterocycles. The minimum atomic E-state index is -1.03. The fourth-order valence-corrected chi connectivity index (χ4v) is 5.81. The Labute approximate surface area is 277 Å². The van der Waals surface area contributed by atoms with E-state index in [2.05, 4.69) is 33.5 Å². The van der Waals surface area contributed by atoms with E-state index in [9.17, 15) is 19.5 Å². The molecule has 0 saturated carbocycles. The normalized spacial score (nSPS) is 11.0. The van der Waals surface area contributed by atoms with Crippen molar-refractivity contribution in [3.8, 4) is 5.75 Å². The molecule has 0 atom stereocenters. The number of carbonyl (C=O) groups is 2. The highest BCUT2D eigenvalue weighted by Gasteiger charge is 2.15. The van der Waals surface area contributed by atoms with Crippen LogP contribution in [0.4, 0.5) is 0 Å². The van der Waals surface area contributed by atoms with Crippen molar-refractivity contribution < 1.29 is 29.0 Å². The van der Waals surface area contributed by atoms with Crippen molar-refractivity contribution in [2.24, 2.45) is 0 Å². The predicted molar refractivity (Wildman–Crippen MR) is 181 cm³/mol. The van der Waals surface area contributed by atoms with Crippen LogP contribution in [0.1, 0.15) is 41.9 Å². The summed E-state index contributed by atoms with van der Waals surface area (Å²) in [7, 11) is 0. The van der Waals surface area contributed by atoms with E-state index < -0.39 is 5.97 Å². The Balaban J connectivity index is 0.000000625. The van der Waals surface area contributed by atoms with E-state index in [1.807, 2.05) is 35.2 Å². The van der Waals surface area contributed by atoms with Crippen LogP contribution >= 0.6 is 22.9 Å². The zero-order valence-corrected chi connectivity index (χ0v) is 27.9. The summed E-state index contributed by atoms with van der Waals surface area (Å²) in [6.45, 7) is 10.6. The topological polar surface area (TPSA) is 148 Å². The summed E-state index contributed by atoms with van der Waals surface area (Å²) in [6.07, 6.45) is 3.16. The number of rotatable bonds is 18. The number of aromatic amines is 1. The van der Waals surface area contributed by atoms with Crippen molar-refractivity contribution in [3.05, 3.63) is 86.4 Å². The van der Waals surface area contributed by atoms with Crippen molar-refractivity contribution in [2.75, 3.05) is 59.0 Å². The summed E-state index contributed by atoms with van der Waals surface area (Å²) in [6, 6.07) is 14.1. The lowest BCUT2D eigenvalue weighted by atomic mass is 10.1. The third kappa shape index (κ3) is 12.3. The molecular weight excluding hydrogens is 632 g/mol. The molecule has 1 amide bonds. The summed E-state index contributed by atoms with van der Waals surface area (Å²) in [5.74, 6) is -0.870. The summed E-state index contributed by atoms with van der Waals surface area (Å²) < 4.78 is 11.0. The van der Waals surface area contributed by atoms with Crippen molar-refractivity contribution >= 4 is 45.0 Å². The summed E-state index contributed by atoms with van der Waals surface area (Å²) in [4.78, 5) is 41.5. The quantitative estimate of drug-likeness (QED) is 0.108. The average Bonchev–Trinajstić information content (AvgIpc) is 3.72. The van der Waals surface area contributed by atoms with Gasteiger partial charge < -0.3 is 39.5 Å². The molecule has 0 fully saturated rings. The average molecular weight is 675 g/mol. The van der Waals surface area contributed by atoms with E-state index >= 15 is 0 Å². The number of aromatic nitrogens is 1. The molecule has 0 spiro atoms. The molecule has 13 heteroatoms. The maximum absolute atomic E-state index is 13.0. The predicted octanol–water partition coefficient (Wildman–Crippen LogP) is 4.88. The number of hydrogen-bond acceptors (Lipinski definition) is 9. The van der Waals surface area contributed by atoms with Gasteiger partial charge in [-0.3, -0.25) is 9.59 Å². The Morgan fingerprint density at radius 1 is 1.02 bits per heavy atom. The van der Waals surface area contributed by atoms with Crippen LogP contribution in [-0.2, 0) is 22.4 Å². The van der Waals surface area contributed by atoms with E-state index in [1.165, 1.54) is 18.4 Å². The van der Waals surface area contributed by atoms with Crippen molar-refractivity contribution in [1.82, 2.24) is 20.1 Å². The second-order valence-corrected chi connectivity index (χ2v) is 11.8. The van der Waals surface area contributed by atoms with Gasteiger partial charge in [0.2, 0.25) is 11.7 Å². The number of furan rings is 1. The molecule has 0 bridgehead atoms. The smallest absolute Gasteiger partial charge is 0.371 e. The molecule has 46 heavy (non-hydrogen) atoms. The van der Waals surface area contributed by atoms with Crippen molar-refractivity contribution in [2.45, 2.75) is 33.1 Å². The lowest BCUT2D eigenvalue weighted by Crippen LogP contribution is -2.42. The third-order valence-corrected chi connectivity index (χ3v) is 8.51. The highest BCUT2D eigenvalue weighted by atomic mass is 35.5. The second-order valence-electron chi connectivity index (χ2n) is 10.4. The van der Waals surface area contributed by atoms with Gasteiger partial charge in [0.25, 0.3) is 0 Å². The Bertz CT molecular complexity index is 1550. The molecule has 250 valence electrons. The van der Waals surface area contributed by atoms with Gasteiger partial charge in [-0.1, -0.05) is 55.0 Å². The fraction of sp³-hybridized carbons (Fsp3) is 0.424. The number of likely N-dealkylation sites (N-methyl/N-ethyl adjacent to an activating group) is 1. The Kier molecular flexibility index (Phi) is 15.8. The first kappa shape index (κ1) is 36.8. The number of fused-ring (bicyclic) bond motifs is 1. The van der Waals surface area contributed by atoms with E-state index in [-0.39, 0.29) is 22.3 Å². The minimum Gasteiger partial charge on any atom is -0.506 e. The maximum Gasteiger partial charge on any atom is 0.371 e. The highest BCUT2D eigenvalue weighted by molar-refractivity contribution is 7.16. The zero-order chi connectivity index (χ0) is 33.3. The largest absolute Gasteiger partial charge is 0.506 e. The maximum atomic E-state index is 13.0. The second kappa shape index (κ2) is 19.7. The van der Waals surface area contributed by atoms with Crippen molar-refractivity contribution in [1.29, 1.82) is 0 Å². The van der Waals surface area contributed by atoms with E-state index in [0.29, 0.717) is 56.4 Å². The Hall–Kier alpha value is -3.68. The molecule has 4 N–H and O–H groups in total. The van der Waals surface area contributed by atoms with Gasteiger partial charge in [0.15, 0.2) is 0 Å². The molecule has 2 aromatic carbocycles. The van der Waals surface area contributed by atoms with Crippen LogP contribution in [0.15, 0.2) is 64.0 Å². The molecule has 0 aliphatic carbocycles. The molecule has 11 nitrogen and oxygen atoms in total. The first-order valence-electron chi connectivity index (χ1n) is 15.3. The molecule has 0 aliphatic rings. The zero-order valence-electron chi connectivity index (χ0n) is 26.3. The number of phenols is 1. The van der Waals surface area contributed by atoms with Crippen LogP contribution < -0.4 is 10.2 Å². The Morgan fingerprint density at radius 3 is 2.50 bits per heavy atom. The summed E-state index contributed by atoms with van der Waals surface area (Å²) >= 11 is 7.15. The third-order valence-electron chi connectivity index (χ3n) is 7.32. The van der Waals surface area contributed by atoms with Gasteiger partial charge in [0.05, 0.1) is 30.6 Å². The number of nitrogens with one attached hydrogen (secondary N) is 2. The van der Waals surface area contributed by atoms with Crippen molar-refractivity contribution in [3.63, 3.8) is 0 Å². The number of hydrogen-bond donors (Lipinski definition) is 4. The van der Waals surface area contributed by atoms with Gasteiger partial charge in [-0.05, 0) is 73.9 Å². The molecule has 4 rings (SSSR count). The lowest BCUT2D eigenvalue weighted by molar-refractivity contribution is -0.132. The van der Waals surface area contributed by atoms with E-state index in [0.717, 1.165) is 59.6 Å². The van der Waals surface area contributed by atoms with Gasteiger partial charge in [0.1, 0.15) is 11.3 Å². The Morgan fingerprint density at radius 2 is 1.83 bits per heavy atom. The number of nitrogens with zero attached hydrogens (tertiary/aromatic N) is 2. The van der Waals surface area contributed by atoms with Crippen LogP contribution in [0, 0.1) is 0 Å². The standard InChI is InChI=1S/C28H39ClN4O4S.C5H4O3/c1-3-32(4-2)16-17-33(25(35)12-19-37-18-11-21-6-5-7-23(29)20-21)15-14-30-13-10-22-8-9-24(34)26-27(22)38-28(36)31-26;6-5(7)4-2-1-3-8-4/h5-9,20,30,34H,3-4,10-19H2,1-2H3,(H,31,36);1-3H,(H,6,7). The van der Waals surface area contributed by atoms with Crippen LogP contribution in [0.5, 0.6) is 5.75 Å². The molecule has 2 aromatic heterocycles. The number of H-pyrrole nitrogens is 1. The van der Waals surface area contributed by atoms with Gasteiger partial charge in [-0.15, -0.1) is 0 Å².